The minimum atomic E-state index is 0.119. The molecule has 0 fully saturated rings. The first-order chi connectivity index (χ1) is 10.2. The van der Waals surface area contributed by atoms with Gasteiger partial charge in [-0.25, -0.2) is 0 Å². The lowest BCUT2D eigenvalue weighted by atomic mass is 9.93. The van der Waals surface area contributed by atoms with Crippen LogP contribution in [-0.2, 0) is 22.6 Å². The first-order valence-corrected chi connectivity index (χ1v) is 7.82. The van der Waals surface area contributed by atoms with Crippen molar-refractivity contribution in [1.29, 1.82) is 0 Å². The number of carbonyl (C=O) groups excluding carboxylic acids is 1. The van der Waals surface area contributed by atoms with Gasteiger partial charge in [0, 0.05) is 25.9 Å². The van der Waals surface area contributed by atoms with E-state index in [9.17, 15) is 4.79 Å². The Kier molecular flexibility index (Phi) is 4.39. The van der Waals surface area contributed by atoms with Gasteiger partial charge in [0.1, 0.15) is 0 Å². The van der Waals surface area contributed by atoms with E-state index in [0.717, 1.165) is 25.7 Å². The first-order valence-electron chi connectivity index (χ1n) is 7.82. The van der Waals surface area contributed by atoms with Gasteiger partial charge in [-0.05, 0) is 30.4 Å². The third-order valence-electron chi connectivity index (χ3n) is 4.51. The molecule has 1 heterocycles. The number of hydrogen-bond donors (Lipinski definition) is 0. The fourth-order valence-corrected chi connectivity index (χ4v) is 3.25. The second-order valence-electron chi connectivity index (χ2n) is 6.11. The molecule has 0 saturated heterocycles. The molecule has 21 heavy (non-hydrogen) atoms. The van der Waals surface area contributed by atoms with Crippen LogP contribution in [0.25, 0.3) is 0 Å². The molecule has 1 amide bonds. The molecule has 0 aromatic heterocycles. The number of likely N-dealkylation sites (N-methyl/N-ethyl adjacent to an activating group) is 1. The lowest BCUT2D eigenvalue weighted by Gasteiger charge is -2.31. The largest absolute Gasteiger partial charge is 0.371 e. The lowest BCUT2D eigenvalue weighted by Crippen LogP contribution is -2.41. The number of benzene rings is 1. The monoisotopic (exact) mass is 285 g/mol. The molecule has 1 aliphatic heterocycles. The van der Waals surface area contributed by atoms with Crippen LogP contribution in [0.5, 0.6) is 0 Å². The van der Waals surface area contributed by atoms with Gasteiger partial charge in [-0.15, -0.1) is 0 Å². The predicted octanol–water partition coefficient (Wildman–Crippen LogP) is 2.94. The second-order valence-corrected chi connectivity index (χ2v) is 6.11. The van der Waals surface area contributed by atoms with E-state index in [1.54, 1.807) is 0 Å². The molecule has 0 N–H and O–H groups in total. The van der Waals surface area contributed by atoms with Gasteiger partial charge in [0.25, 0.3) is 0 Å². The number of carbonyl (C=O) groups is 1. The fourth-order valence-electron chi connectivity index (χ4n) is 3.25. The molecule has 0 bridgehead atoms. The summed E-state index contributed by atoms with van der Waals surface area (Å²) in [5.74, 6) is 0.428. The summed E-state index contributed by atoms with van der Waals surface area (Å²) < 4.78 is 5.90. The molecule has 2 unspecified atom stereocenters. The fraction of sp³-hybridized carbons (Fsp3) is 0.500. The van der Waals surface area contributed by atoms with E-state index in [-0.39, 0.29) is 17.9 Å². The van der Waals surface area contributed by atoms with Crippen LogP contribution in [0.4, 0.5) is 0 Å². The second kappa shape index (κ2) is 6.44. The summed E-state index contributed by atoms with van der Waals surface area (Å²) in [4.78, 5) is 14.3. The van der Waals surface area contributed by atoms with Gasteiger partial charge in [0.05, 0.1) is 12.7 Å². The summed E-state index contributed by atoms with van der Waals surface area (Å²) in [5, 5.41) is 0. The summed E-state index contributed by atoms with van der Waals surface area (Å²) in [7, 11) is 1.91. The van der Waals surface area contributed by atoms with Crippen LogP contribution in [0.1, 0.15) is 30.4 Å². The van der Waals surface area contributed by atoms with Crippen LogP contribution < -0.4 is 0 Å². The molecule has 1 aliphatic carbocycles. The van der Waals surface area contributed by atoms with Crippen molar-refractivity contribution in [2.75, 3.05) is 13.6 Å². The molecule has 3 rings (SSSR count). The van der Waals surface area contributed by atoms with Crippen molar-refractivity contribution in [2.45, 2.75) is 38.4 Å². The number of allylic oxidation sites excluding steroid dienone is 2. The van der Waals surface area contributed by atoms with Gasteiger partial charge >= 0.3 is 0 Å². The van der Waals surface area contributed by atoms with E-state index in [1.807, 2.05) is 11.9 Å². The number of nitrogens with zero attached hydrogens (tertiary/aromatic N) is 1. The van der Waals surface area contributed by atoms with Gasteiger partial charge in [-0.3, -0.25) is 4.79 Å². The molecular weight excluding hydrogens is 262 g/mol. The summed E-state index contributed by atoms with van der Waals surface area (Å²) >= 11 is 0. The molecular formula is C18H23NO2. The molecule has 0 radical (unpaired) electrons. The number of fused-ring (bicyclic) bond motifs is 1. The minimum absolute atomic E-state index is 0.119. The normalized spacial score (nSPS) is 24.4. The van der Waals surface area contributed by atoms with Gasteiger partial charge < -0.3 is 9.64 Å². The molecule has 3 nitrogen and oxygen atoms in total. The number of rotatable bonds is 3. The van der Waals surface area contributed by atoms with Crippen molar-refractivity contribution in [2.24, 2.45) is 5.92 Å². The minimum Gasteiger partial charge on any atom is -0.371 e. The Morgan fingerprint density at radius 2 is 2.10 bits per heavy atom. The molecule has 1 aromatic carbocycles. The highest BCUT2D eigenvalue weighted by Crippen LogP contribution is 2.23. The molecule has 2 aliphatic rings. The first kappa shape index (κ1) is 14.3. The summed E-state index contributed by atoms with van der Waals surface area (Å²) in [6, 6.07) is 8.41. The third kappa shape index (κ3) is 3.35. The van der Waals surface area contributed by atoms with Gasteiger partial charge in [0.2, 0.25) is 5.91 Å². The average molecular weight is 285 g/mol. The summed E-state index contributed by atoms with van der Waals surface area (Å²) in [5.41, 5.74) is 2.63. The quantitative estimate of drug-likeness (QED) is 0.799. The van der Waals surface area contributed by atoms with Crippen molar-refractivity contribution in [3.63, 3.8) is 0 Å². The highest BCUT2D eigenvalue weighted by molar-refractivity contribution is 5.79. The summed E-state index contributed by atoms with van der Waals surface area (Å²) in [6.45, 7) is 1.35. The average Bonchev–Trinajstić information content (AvgIpc) is 2.55. The molecule has 1 aromatic rings. The van der Waals surface area contributed by atoms with Crippen LogP contribution in [0.15, 0.2) is 36.4 Å². The maximum Gasteiger partial charge on any atom is 0.225 e. The third-order valence-corrected chi connectivity index (χ3v) is 4.51. The van der Waals surface area contributed by atoms with Gasteiger partial charge in [0.15, 0.2) is 0 Å². The Bertz CT molecular complexity index is 538. The van der Waals surface area contributed by atoms with Crippen molar-refractivity contribution in [1.82, 2.24) is 4.90 Å². The van der Waals surface area contributed by atoms with Crippen LogP contribution >= 0.6 is 0 Å². The van der Waals surface area contributed by atoms with E-state index in [0.29, 0.717) is 13.2 Å². The van der Waals surface area contributed by atoms with Crippen LogP contribution in [0.2, 0.25) is 0 Å². The van der Waals surface area contributed by atoms with Crippen LogP contribution in [-0.4, -0.2) is 30.5 Å². The zero-order chi connectivity index (χ0) is 14.7. The van der Waals surface area contributed by atoms with Gasteiger partial charge in [-0.1, -0.05) is 36.4 Å². The van der Waals surface area contributed by atoms with E-state index < -0.39 is 0 Å². The lowest BCUT2D eigenvalue weighted by molar-refractivity contribution is -0.136. The topological polar surface area (TPSA) is 29.5 Å². The Morgan fingerprint density at radius 3 is 2.86 bits per heavy atom. The van der Waals surface area contributed by atoms with Crippen molar-refractivity contribution in [3.05, 3.63) is 47.5 Å². The Hall–Kier alpha value is -1.61. The Labute approximate surface area is 126 Å². The highest BCUT2D eigenvalue weighted by atomic mass is 16.5. The predicted molar refractivity (Wildman–Crippen MR) is 82.8 cm³/mol. The highest BCUT2D eigenvalue weighted by Gasteiger charge is 2.26. The Balaban J connectivity index is 1.57. The van der Waals surface area contributed by atoms with E-state index in [1.165, 1.54) is 11.1 Å². The smallest absolute Gasteiger partial charge is 0.225 e. The maximum atomic E-state index is 12.5. The molecule has 0 spiro atoms. The molecule has 0 saturated carbocycles. The van der Waals surface area contributed by atoms with E-state index in [4.69, 9.17) is 4.74 Å². The zero-order valence-corrected chi connectivity index (χ0v) is 12.6. The standard InChI is InChI=1S/C18H23NO2/c1-19(18(20)14-7-3-2-4-8-14)12-17-11-15-9-5-6-10-16(15)13-21-17/h2-3,5-6,9-10,14,17H,4,7-8,11-13H2,1H3. The number of amides is 1. The number of ether oxygens (including phenoxy) is 1. The molecule has 112 valence electrons. The van der Waals surface area contributed by atoms with Crippen LogP contribution in [0, 0.1) is 5.92 Å². The van der Waals surface area contributed by atoms with E-state index in [2.05, 4.69) is 36.4 Å². The molecule has 2 atom stereocenters. The van der Waals surface area contributed by atoms with Crippen molar-refractivity contribution in [3.8, 4) is 0 Å². The number of hydrogen-bond acceptors (Lipinski definition) is 2. The van der Waals surface area contributed by atoms with Crippen molar-refractivity contribution < 1.29 is 9.53 Å². The summed E-state index contributed by atoms with van der Waals surface area (Å²) in [6.07, 6.45) is 8.22. The van der Waals surface area contributed by atoms with Crippen molar-refractivity contribution >= 4 is 5.91 Å². The van der Waals surface area contributed by atoms with E-state index >= 15 is 0 Å². The zero-order valence-electron chi connectivity index (χ0n) is 12.6. The van der Waals surface area contributed by atoms with Crippen LogP contribution in [0.3, 0.4) is 0 Å². The van der Waals surface area contributed by atoms with Gasteiger partial charge in [-0.2, -0.15) is 0 Å². The molecule has 3 heteroatoms. The Morgan fingerprint density at radius 1 is 1.29 bits per heavy atom. The SMILES string of the molecule is CN(CC1Cc2ccccc2CO1)C(=O)C1CC=CCC1. The maximum absolute atomic E-state index is 12.5.